The molecule has 5 nitrogen and oxygen atoms in total. The predicted octanol–water partition coefficient (Wildman–Crippen LogP) is -5.94. The molecule has 0 heterocycles. The fourth-order valence-electron chi connectivity index (χ4n) is 0. The Kier molecular flexibility index (Phi) is 23.6. The van der Waals surface area contributed by atoms with Gasteiger partial charge in [0.25, 0.3) is 0 Å². The molecule has 0 spiro atoms. The van der Waals surface area contributed by atoms with Gasteiger partial charge in [-0.05, 0) is 0 Å². The third-order valence-electron chi connectivity index (χ3n) is 0. The first kappa shape index (κ1) is 22.8. The number of rotatable bonds is 0. The molecule has 8 heavy (non-hydrogen) atoms. The maximum absolute atomic E-state index is 8.55. The second-order valence-corrected chi connectivity index (χ2v) is 1.34. The van der Waals surface area contributed by atoms with Crippen molar-refractivity contribution < 1.29 is 62.1 Å². The molecule has 0 aromatic heterocycles. The molecular weight excluding hydrogens is 169 g/mol. The second-order valence-electron chi connectivity index (χ2n) is 0.447. The maximum Gasteiger partial charge on any atom is 5.00 e. The molecular formula is LiO5PV+. The molecule has 0 atom stereocenters. The van der Waals surface area contributed by atoms with Crippen LogP contribution in [-0.4, -0.2) is 0 Å². The Morgan fingerprint density at radius 2 is 1.12 bits per heavy atom. The molecule has 0 fully saturated rings. The van der Waals surface area contributed by atoms with Gasteiger partial charge in [0.2, 0.25) is 0 Å². The van der Waals surface area contributed by atoms with Gasteiger partial charge in [-0.2, -0.15) is 7.82 Å². The summed E-state index contributed by atoms with van der Waals surface area (Å²) in [4.78, 5) is 25.6. The molecule has 0 amide bonds. The summed E-state index contributed by atoms with van der Waals surface area (Å²) in [6.45, 7) is 0. The molecule has 0 aromatic carbocycles. The molecule has 40 valence electrons. The number of phosphoric acid groups is 1. The van der Waals surface area contributed by atoms with Crippen molar-refractivity contribution in [1.29, 1.82) is 0 Å². The zero-order chi connectivity index (χ0) is 4.50. The Hall–Kier alpha value is 1.25. The van der Waals surface area contributed by atoms with Crippen LogP contribution in [-0.2, 0) is 28.6 Å². The fourth-order valence-corrected chi connectivity index (χ4v) is 0. The van der Waals surface area contributed by atoms with Crippen LogP contribution in [0.3, 0.4) is 0 Å². The van der Waals surface area contributed by atoms with Crippen molar-refractivity contribution in [2.75, 3.05) is 0 Å². The van der Waals surface area contributed by atoms with Crippen molar-refractivity contribution in [3.8, 4) is 0 Å². The minimum atomic E-state index is -5.39. The van der Waals surface area contributed by atoms with Gasteiger partial charge in [0.1, 0.15) is 0 Å². The van der Waals surface area contributed by atoms with Crippen LogP contribution in [0, 0.1) is 0 Å². The average Bonchev–Trinajstić information content (AvgIpc) is 0.722. The van der Waals surface area contributed by atoms with Crippen LogP contribution in [0.25, 0.3) is 0 Å². The van der Waals surface area contributed by atoms with Crippen LogP contribution in [0.4, 0.5) is 0 Å². The average molecular weight is 169 g/mol. The first-order valence-electron chi connectivity index (χ1n) is 0.730. The molecule has 0 bridgehead atoms. The van der Waals surface area contributed by atoms with Crippen molar-refractivity contribution >= 4 is 7.82 Å². The third kappa shape index (κ3) is 181. The molecule has 0 aromatic rings. The summed E-state index contributed by atoms with van der Waals surface area (Å²) in [5.41, 5.74) is 0. The minimum Gasteiger partial charge on any atom is -2.00 e. The van der Waals surface area contributed by atoms with Gasteiger partial charge < -0.3 is 24.7 Å². The number of hydrogen-bond donors (Lipinski definition) is 0. The van der Waals surface area contributed by atoms with Crippen molar-refractivity contribution in [3.63, 3.8) is 0 Å². The fraction of sp³-hybridized carbons (Fsp3) is 0. The smallest absolute Gasteiger partial charge is 2.00 e. The van der Waals surface area contributed by atoms with Gasteiger partial charge >= 0.3 is 37.4 Å². The van der Waals surface area contributed by atoms with E-state index in [4.69, 9.17) is 19.2 Å². The quantitative estimate of drug-likeness (QED) is 0.265. The summed E-state index contributed by atoms with van der Waals surface area (Å²) < 4.78 is 8.55. The summed E-state index contributed by atoms with van der Waals surface area (Å²) >= 11 is 0. The van der Waals surface area contributed by atoms with Crippen LogP contribution in [0.2, 0.25) is 0 Å². The van der Waals surface area contributed by atoms with E-state index in [1.165, 1.54) is 0 Å². The van der Waals surface area contributed by atoms with Gasteiger partial charge in [-0.1, -0.05) is 0 Å². The first-order chi connectivity index (χ1) is 2.00. The molecule has 8 heteroatoms. The molecule has 0 aliphatic carbocycles. The van der Waals surface area contributed by atoms with Gasteiger partial charge in [-0.3, -0.25) is 0 Å². The van der Waals surface area contributed by atoms with Crippen molar-refractivity contribution in [2.24, 2.45) is 0 Å². The normalized spacial score (nSPS) is 7.38. The summed E-state index contributed by atoms with van der Waals surface area (Å²) in [6, 6.07) is 0. The molecule has 0 saturated carbocycles. The van der Waals surface area contributed by atoms with E-state index < -0.39 is 7.82 Å². The predicted molar refractivity (Wildman–Crippen MR) is 8.29 cm³/mol. The third-order valence-corrected chi connectivity index (χ3v) is 0. The van der Waals surface area contributed by atoms with E-state index in [0.717, 1.165) is 0 Å². The number of hydrogen-bond acceptors (Lipinski definition) is 4. The topological polar surface area (TPSA) is 115 Å². The molecule has 0 saturated heterocycles. The largest absolute Gasteiger partial charge is 5.00 e. The summed E-state index contributed by atoms with van der Waals surface area (Å²) in [5, 5.41) is 0. The molecule has 0 radical (unpaired) electrons. The monoisotopic (exact) mass is 169 g/mol. The van der Waals surface area contributed by atoms with E-state index in [1.54, 1.807) is 0 Å². The van der Waals surface area contributed by atoms with E-state index in [-0.39, 0.29) is 42.9 Å². The first-order valence-corrected chi connectivity index (χ1v) is 2.19. The van der Waals surface area contributed by atoms with Crippen LogP contribution >= 0.6 is 7.82 Å². The molecule has 0 aliphatic heterocycles. The Morgan fingerprint density at radius 1 is 1.12 bits per heavy atom. The molecule has 0 unspecified atom stereocenters. The zero-order valence-corrected chi connectivity index (χ0v) is 6.23. The van der Waals surface area contributed by atoms with Gasteiger partial charge in [0.15, 0.2) is 0 Å². The Balaban J connectivity index is -0.0000000267. The van der Waals surface area contributed by atoms with Crippen molar-refractivity contribution in [2.45, 2.75) is 0 Å². The second kappa shape index (κ2) is 8.25. The van der Waals surface area contributed by atoms with Crippen molar-refractivity contribution in [3.05, 3.63) is 0 Å². The van der Waals surface area contributed by atoms with E-state index in [1.807, 2.05) is 0 Å². The van der Waals surface area contributed by atoms with E-state index in [0.29, 0.717) is 0 Å². The Bertz CT molecular complexity index is 58.6. The van der Waals surface area contributed by atoms with Gasteiger partial charge in [0.05, 0.1) is 0 Å². The maximum atomic E-state index is 8.55. The molecule has 0 aliphatic rings. The van der Waals surface area contributed by atoms with E-state index in [2.05, 4.69) is 0 Å². The van der Waals surface area contributed by atoms with Crippen LogP contribution < -0.4 is 33.5 Å². The van der Waals surface area contributed by atoms with Crippen LogP contribution in [0.1, 0.15) is 0 Å². The molecule has 0 N–H and O–H groups in total. The van der Waals surface area contributed by atoms with Crippen LogP contribution in [0.5, 0.6) is 0 Å². The van der Waals surface area contributed by atoms with Crippen LogP contribution in [0.15, 0.2) is 0 Å². The standard InChI is InChI=1S/Li.H3O4P.O.V/c;1-5(2,3)4;;/h;(H3,1,2,3,4);;/q+1;;-2;+5/p-3. The minimum absolute atomic E-state index is 0. The van der Waals surface area contributed by atoms with Gasteiger partial charge in [-0.15, -0.1) is 0 Å². The van der Waals surface area contributed by atoms with Gasteiger partial charge in [-0.25, -0.2) is 0 Å². The molecule has 0 rings (SSSR count). The van der Waals surface area contributed by atoms with E-state index >= 15 is 0 Å². The Morgan fingerprint density at radius 3 is 1.12 bits per heavy atom. The Labute approximate surface area is 70.1 Å². The SMILES string of the molecule is O=P([O-])([O-])[O-].[Li+].[O-2].[V+5]. The zero-order valence-electron chi connectivity index (χ0n) is 3.94. The summed E-state index contributed by atoms with van der Waals surface area (Å²) in [5.74, 6) is 0. The summed E-state index contributed by atoms with van der Waals surface area (Å²) in [7, 11) is -5.39. The van der Waals surface area contributed by atoms with Gasteiger partial charge in [0, 0.05) is 0 Å². The van der Waals surface area contributed by atoms with E-state index in [9.17, 15) is 0 Å². The van der Waals surface area contributed by atoms with Crippen molar-refractivity contribution in [1.82, 2.24) is 0 Å². The summed E-state index contributed by atoms with van der Waals surface area (Å²) in [6.07, 6.45) is 0.